The van der Waals surface area contributed by atoms with Crippen LogP contribution in [-0.4, -0.2) is 60.3 Å². The van der Waals surface area contributed by atoms with E-state index in [1.54, 1.807) is 13.3 Å². The Labute approximate surface area is 231 Å². The molecule has 0 radical (unpaired) electrons. The Hall–Kier alpha value is -4.04. The summed E-state index contributed by atoms with van der Waals surface area (Å²) in [5.41, 5.74) is 13.6. The van der Waals surface area contributed by atoms with Gasteiger partial charge in [-0.25, -0.2) is 9.97 Å². The van der Waals surface area contributed by atoms with E-state index in [1.807, 2.05) is 18.3 Å². The molecular formula is C31H39N7O. The van der Waals surface area contributed by atoms with Crippen molar-refractivity contribution in [3.8, 4) is 17.0 Å². The number of fused-ring (bicyclic) bond motifs is 3. The number of likely N-dealkylation sites (N-methyl/N-ethyl adjacent to an activating group) is 2. The van der Waals surface area contributed by atoms with E-state index in [9.17, 15) is 0 Å². The zero-order valence-electron chi connectivity index (χ0n) is 23.6. The molecule has 0 bridgehead atoms. The molecule has 8 nitrogen and oxygen atoms in total. The van der Waals surface area contributed by atoms with E-state index in [0.29, 0.717) is 18.4 Å². The predicted octanol–water partition coefficient (Wildman–Crippen LogP) is 5.20. The quantitative estimate of drug-likeness (QED) is 0.294. The van der Waals surface area contributed by atoms with Gasteiger partial charge in [0.25, 0.3) is 0 Å². The molecule has 1 unspecified atom stereocenters. The van der Waals surface area contributed by atoms with Gasteiger partial charge in [0.1, 0.15) is 5.75 Å². The van der Waals surface area contributed by atoms with Crippen molar-refractivity contribution in [2.45, 2.75) is 38.8 Å². The fourth-order valence-electron chi connectivity index (χ4n) is 5.70. The molecule has 3 heterocycles. The highest BCUT2D eigenvalue weighted by atomic mass is 16.5. The molecule has 2 aromatic heterocycles. The second kappa shape index (κ2) is 11.4. The standard InChI is InChI=1S/C31H39N7O/c1-21(20-36(2)3)37(4)28-19-29(39-5)25(18-22(28)10-8-15-32)35-31-33-16-14-24(34-31)30-23-11-6-7-12-26(23)38-17-9-13-27(30)38/h6-8,11-12,14-16,18-19,21H,9-10,13,17,20,32H2,1-5H3,(H,33,34,35). The summed E-state index contributed by atoms with van der Waals surface area (Å²) in [7, 11) is 8.00. The van der Waals surface area contributed by atoms with Gasteiger partial charge in [-0.05, 0) is 70.2 Å². The molecular weight excluding hydrogens is 486 g/mol. The van der Waals surface area contributed by atoms with Crippen molar-refractivity contribution >= 4 is 28.2 Å². The van der Waals surface area contributed by atoms with E-state index >= 15 is 0 Å². The topological polar surface area (TPSA) is 84.5 Å². The monoisotopic (exact) mass is 525 g/mol. The van der Waals surface area contributed by atoms with Crippen LogP contribution in [0.1, 0.15) is 24.6 Å². The SMILES string of the molecule is COc1cc(N(C)C(C)CN(C)C)c(CC=CN)cc1Nc1nccc(-c2c3n(c4ccccc24)CCC3)n1. The lowest BCUT2D eigenvalue weighted by Crippen LogP contribution is -2.38. The van der Waals surface area contributed by atoms with Crippen LogP contribution in [0.2, 0.25) is 0 Å². The maximum Gasteiger partial charge on any atom is 0.227 e. The number of methoxy groups -OCH3 is 1. The second-order valence-corrected chi connectivity index (χ2v) is 10.5. The lowest BCUT2D eigenvalue weighted by molar-refractivity contribution is 0.376. The lowest BCUT2D eigenvalue weighted by Gasteiger charge is -2.31. The van der Waals surface area contributed by atoms with E-state index in [0.717, 1.165) is 54.3 Å². The zero-order valence-corrected chi connectivity index (χ0v) is 23.6. The molecule has 0 fully saturated rings. The normalized spacial score (nSPS) is 13.8. The summed E-state index contributed by atoms with van der Waals surface area (Å²) in [4.78, 5) is 14.0. The fraction of sp³-hybridized carbons (Fsp3) is 0.355. The number of hydrogen-bond acceptors (Lipinski definition) is 7. The number of nitrogens with two attached hydrogens (primary N) is 1. The third-order valence-corrected chi connectivity index (χ3v) is 7.58. The minimum atomic E-state index is 0.308. The Balaban J connectivity index is 1.52. The van der Waals surface area contributed by atoms with Crippen LogP contribution in [0.5, 0.6) is 5.75 Å². The van der Waals surface area contributed by atoms with Crippen LogP contribution in [-0.2, 0) is 19.4 Å². The molecule has 0 saturated heterocycles. The van der Waals surface area contributed by atoms with Crippen molar-refractivity contribution in [2.75, 3.05) is 45.0 Å². The minimum Gasteiger partial charge on any atom is -0.494 e. The van der Waals surface area contributed by atoms with Crippen LogP contribution in [0.15, 0.2) is 60.9 Å². The Morgan fingerprint density at radius 1 is 1.18 bits per heavy atom. The lowest BCUT2D eigenvalue weighted by atomic mass is 10.0. The molecule has 5 rings (SSSR count). The Morgan fingerprint density at radius 2 is 2.00 bits per heavy atom. The molecule has 1 atom stereocenters. The van der Waals surface area contributed by atoms with E-state index in [1.165, 1.54) is 22.2 Å². The van der Waals surface area contributed by atoms with Crippen LogP contribution in [0.3, 0.4) is 0 Å². The van der Waals surface area contributed by atoms with Gasteiger partial charge in [-0.3, -0.25) is 0 Å². The highest BCUT2D eigenvalue weighted by molar-refractivity contribution is 5.97. The number of benzene rings is 2. The molecule has 8 heteroatoms. The largest absolute Gasteiger partial charge is 0.494 e. The van der Waals surface area contributed by atoms with Crippen molar-refractivity contribution in [2.24, 2.45) is 5.73 Å². The molecule has 0 aliphatic carbocycles. The van der Waals surface area contributed by atoms with Gasteiger partial charge in [0, 0.05) is 66.3 Å². The van der Waals surface area contributed by atoms with Crippen molar-refractivity contribution in [1.82, 2.24) is 19.4 Å². The first-order chi connectivity index (χ1) is 18.9. The molecule has 1 aliphatic rings. The van der Waals surface area contributed by atoms with Crippen molar-refractivity contribution < 1.29 is 4.74 Å². The number of aryl methyl sites for hydroxylation is 1. The maximum atomic E-state index is 5.85. The van der Waals surface area contributed by atoms with Gasteiger partial charge < -0.3 is 30.2 Å². The van der Waals surface area contributed by atoms with Crippen molar-refractivity contribution in [3.63, 3.8) is 0 Å². The molecule has 2 aromatic carbocycles. The Kier molecular flexibility index (Phi) is 7.74. The van der Waals surface area contributed by atoms with Crippen LogP contribution in [0.4, 0.5) is 17.3 Å². The van der Waals surface area contributed by atoms with Gasteiger partial charge in [0.2, 0.25) is 5.95 Å². The molecule has 39 heavy (non-hydrogen) atoms. The van der Waals surface area contributed by atoms with Crippen molar-refractivity contribution in [1.29, 1.82) is 0 Å². The van der Waals surface area contributed by atoms with E-state index in [2.05, 4.69) is 89.1 Å². The summed E-state index contributed by atoms with van der Waals surface area (Å²) < 4.78 is 8.29. The average molecular weight is 526 g/mol. The zero-order chi connectivity index (χ0) is 27.5. The first-order valence-corrected chi connectivity index (χ1v) is 13.6. The third kappa shape index (κ3) is 5.29. The van der Waals surface area contributed by atoms with E-state index in [-0.39, 0.29) is 0 Å². The van der Waals surface area contributed by atoms with Crippen LogP contribution in [0, 0.1) is 0 Å². The van der Waals surface area contributed by atoms with Gasteiger partial charge in [0.05, 0.1) is 18.5 Å². The number of nitrogens with zero attached hydrogens (tertiary/aromatic N) is 5. The Bertz CT molecular complexity index is 1490. The van der Waals surface area contributed by atoms with Crippen molar-refractivity contribution in [3.05, 3.63) is 72.2 Å². The number of nitrogens with one attached hydrogen (secondary N) is 1. The average Bonchev–Trinajstić information content (AvgIpc) is 3.52. The van der Waals surface area contributed by atoms with E-state index < -0.39 is 0 Å². The number of aromatic nitrogens is 3. The summed E-state index contributed by atoms with van der Waals surface area (Å²) in [6.07, 6.45) is 8.31. The number of rotatable bonds is 10. The first kappa shape index (κ1) is 26.6. The van der Waals surface area contributed by atoms with Gasteiger partial charge in [-0.15, -0.1) is 0 Å². The van der Waals surface area contributed by atoms with Crippen LogP contribution >= 0.6 is 0 Å². The van der Waals surface area contributed by atoms with Gasteiger partial charge in [0.15, 0.2) is 0 Å². The van der Waals surface area contributed by atoms with Gasteiger partial charge in [-0.2, -0.15) is 0 Å². The summed E-state index contributed by atoms with van der Waals surface area (Å²) in [5, 5.41) is 4.69. The summed E-state index contributed by atoms with van der Waals surface area (Å²) in [6.45, 7) is 4.21. The summed E-state index contributed by atoms with van der Waals surface area (Å²) >= 11 is 0. The van der Waals surface area contributed by atoms with Gasteiger partial charge >= 0.3 is 0 Å². The highest BCUT2D eigenvalue weighted by Crippen LogP contribution is 2.39. The second-order valence-electron chi connectivity index (χ2n) is 10.5. The summed E-state index contributed by atoms with van der Waals surface area (Å²) in [5.74, 6) is 1.27. The number of anilines is 3. The highest BCUT2D eigenvalue weighted by Gasteiger charge is 2.23. The number of para-hydroxylation sites is 1. The predicted molar refractivity (Wildman–Crippen MR) is 161 cm³/mol. The summed E-state index contributed by atoms with van der Waals surface area (Å²) in [6, 6.07) is 15.1. The number of allylic oxidation sites excluding steroid dienone is 1. The molecule has 0 spiro atoms. The Morgan fingerprint density at radius 3 is 2.77 bits per heavy atom. The molecule has 1 aliphatic heterocycles. The van der Waals surface area contributed by atoms with Crippen LogP contribution < -0.4 is 20.7 Å². The van der Waals surface area contributed by atoms with Crippen LogP contribution in [0.25, 0.3) is 22.2 Å². The maximum absolute atomic E-state index is 5.85. The first-order valence-electron chi connectivity index (χ1n) is 13.6. The van der Waals surface area contributed by atoms with Gasteiger partial charge in [-0.1, -0.05) is 24.3 Å². The minimum absolute atomic E-state index is 0.308. The third-order valence-electron chi connectivity index (χ3n) is 7.58. The smallest absolute Gasteiger partial charge is 0.227 e. The molecule has 0 amide bonds. The fourth-order valence-corrected chi connectivity index (χ4v) is 5.70. The number of hydrogen-bond donors (Lipinski definition) is 2. The molecule has 0 saturated carbocycles. The molecule has 204 valence electrons. The molecule has 3 N–H and O–H groups in total. The van der Waals surface area contributed by atoms with E-state index in [4.69, 9.17) is 15.5 Å². The molecule has 4 aromatic rings. The number of ether oxygens (including phenoxy) is 1.